The standard InChI is InChI=1S/C17H17F3N2O5S2/c18-17(19,20)27-14-6-8-15(9-7-14)28(23,24)21-13-4-3-5-16(12-13)29(25,26)22-10-1-2-11-22/h3-9,12,21H,1-2,10-11H2. The number of anilines is 1. The molecule has 12 heteroatoms. The maximum Gasteiger partial charge on any atom is 0.573 e. The van der Waals surface area contributed by atoms with Gasteiger partial charge in [0, 0.05) is 13.1 Å². The first kappa shape index (κ1) is 21.4. The minimum absolute atomic E-state index is 0.0147. The van der Waals surface area contributed by atoms with Crippen molar-refractivity contribution in [2.45, 2.75) is 29.0 Å². The average Bonchev–Trinajstić information content (AvgIpc) is 3.16. The molecule has 3 rings (SSSR count). The molecule has 0 bridgehead atoms. The van der Waals surface area contributed by atoms with Gasteiger partial charge in [-0.25, -0.2) is 16.8 Å². The molecule has 0 aromatic heterocycles. The summed E-state index contributed by atoms with van der Waals surface area (Å²) in [6.45, 7) is 0.815. The molecule has 1 aliphatic heterocycles. The molecule has 1 heterocycles. The lowest BCUT2D eigenvalue weighted by molar-refractivity contribution is -0.274. The Balaban J connectivity index is 1.80. The lowest BCUT2D eigenvalue weighted by atomic mass is 10.3. The van der Waals surface area contributed by atoms with Crippen LogP contribution in [0.25, 0.3) is 0 Å². The fraction of sp³-hybridized carbons (Fsp3) is 0.294. The van der Waals surface area contributed by atoms with Gasteiger partial charge in [0.25, 0.3) is 10.0 Å². The zero-order valence-corrected chi connectivity index (χ0v) is 16.5. The molecule has 1 aliphatic rings. The Morgan fingerprint density at radius 1 is 0.897 bits per heavy atom. The first-order valence-corrected chi connectivity index (χ1v) is 11.4. The van der Waals surface area contributed by atoms with Crippen LogP contribution in [0.4, 0.5) is 18.9 Å². The molecule has 0 amide bonds. The van der Waals surface area contributed by atoms with E-state index in [4.69, 9.17) is 0 Å². The van der Waals surface area contributed by atoms with Crippen molar-refractivity contribution in [3.8, 4) is 5.75 Å². The first-order valence-electron chi connectivity index (χ1n) is 8.46. The monoisotopic (exact) mass is 450 g/mol. The second-order valence-corrected chi connectivity index (χ2v) is 9.88. The molecule has 1 saturated heterocycles. The number of sulfonamides is 2. The van der Waals surface area contributed by atoms with Gasteiger partial charge in [-0.3, -0.25) is 4.72 Å². The molecule has 7 nitrogen and oxygen atoms in total. The van der Waals surface area contributed by atoms with Crippen LogP contribution in [0.5, 0.6) is 5.75 Å². The van der Waals surface area contributed by atoms with E-state index in [1.165, 1.54) is 28.6 Å². The second-order valence-electron chi connectivity index (χ2n) is 6.26. The highest BCUT2D eigenvalue weighted by atomic mass is 32.2. The summed E-state index contributed by atoms with van der Waals surface area (Å²) in [4.78, 5) is -0.353. The molecule has 0 unspecified atom stereocenters. The van der Waals surface area contributed by atoms with E-state index in [9.17, 15) is 30.0 Å². The van der Waals surface area contributed by atoms with Crippen LogP contribution in [0.2, 0.25) is 0 Å². The quantitative estimate of drug-likeness (QED) is 0.730. The van der Waals surface area contributed by atoms with Crippen molar-refractivity contribution in [3.63, 3.8) is 0 Å². The topological polar surface area (TPSA) is 92.8 Å². The van der Waals surface area contributed by atoms with E-state index in [2.05, 4.69) is 9.46 Å². The summed E-state index contributed by atoms with van der Waals surface area (Å²) >= 11 is 0. The predicted octanol–water partition coefficient (Wildman–Crippen LogP) is 3.17. The molecule has 158 valence electrons. The van der Waals surface area contributed by atoms with Crippen molar-refractivity contribution in [1.82, 2.24) is 4.31 Å². The number of rotatable bonds is 6. The van der Waals surface area contributed by atoms with Crippen molar-refractivity contribution >= 4 is 25.7 Å². The van der Waals surface area contributed by atoms with Gasteiger partial charge >= 0.3 is 6.36 Å². The molecule has 1 fully saturated rings. The molecule has 2 aromatic rings. The van der Waals surface area contributed by atoms with Gasteiger partial charge in [-0.05, 0) is 55.3 Å². The number of benzene rings is 2. The molecule has 0 spiro atoms. The highest BCUT2D eigenvalue weighted by Crippen LogP contribution is 2.26. The predicted molar refractivity (Wildman–Crippen MR) is 98.4 cm³/mol. The van der Waals surface area contributed by atoms with Crippen LogP contribution in [0.3, 0.4) is 0 Å². The molecule has 0 radical (unpaired) electrons. The molecular weight excluding hydrogens is 433 g/mol. The maximum atomic E-state index is 12.6. The number of nitrogens with one attached hydrogen (secondary N) is 1. The van der Waals surface area contributed by atoms with Gasteiger partial charge in [-0.1, -0.05) is 6.07 Å². The van der Waals surface area contributed by atoms with Gasteiger partial charge in [0.1, 0.15) is 5.75 Å². The normalized spacial score (nSPS) is 16.0. The van der Waals surface area contributed by atoms with Crippen molar-refractivity contribution in [3.05, 3.63) is 48.5 Å². The number of ether oxygens (including phenoxy) is 1. The molecule has 0 aliphatic carbocycles. The fourth-order valence-electron chi connectivity index (χ4n) is 2.83. The molecule has 1 N–H and O–H groups in total. The largest absolute Gasteiger partial charge is 0.573 e. The number of nitrogens with zero attached hydrogens (tertiary/aromatic N) is 1. The van der Waals surface area contributed by atoms with Gasteiger partial charge in [-0.2, -0.15) is 4.31 Å². The summed E-state index contributed by atoms with van der Waals surface area (Å²) < 4.78 is 94.1. The van der Waals surface area contributed by atoms with Gasteiger partial charge in [0.15, 0.2) is 0 Å². The van der Waals surface area contributed by atoms with E-state index in [1.54, 1.807) is 0 Å². The van der Waals surface area contributed by atoms with Crippen LogP contribution in [0, 0.1) is 0 Å². The van der Waals surface area contributed by atoms with E-state index in [0.717, 1.165) is 37.1 Å². The molecular formula is C17H17F3N2O5S2. The third kappa shape index (κ3) is 5.19. The molecule has 0 saturated carbocycles. The Bertz CT molecular complexity index is 1080. The summed E-state index contributed by atoms with van der Waals surface area (Å²) in [5.41, 5.74) is 0.0147. The van der Waals surface area contributed by atoms with Crippen LogP contribution in [-0.4, -0.2) is 40.6 Å². The Hall–Kier alpha value is -2.31. The summed E-state index contributed by atoms with van der Waals surface area (Å²) in [5, 5.41) is 0. The van der Waals surface area contributed by atoms with E-state index >= 15 is 0 Å². The minimum Gasteiger partial charge on any atom is -0.406 e. The zero-order chi connectivity index (χ0) is 21.3. The Labute approximate surface area is 166 Å². The van der Waals surface area contributed by atoms with Crippen LogP contribution in [0.1, 0.15) is 12.8 Å². The smallest absolute Gasteiger partial charge is 0.406 e. The number of hydrogen-bond donors (Lipinski definition) is 1. The Morgan fingerprint density at radius 2 is 1.52 bits per heavy atom. The Morgan fingerprint density at radius 3 is 2.10 bits per heavy atom. The zero-order valence-electron chi connectivity index (χ0n) is 14.9. The SMILES string of the molecule is O=S(=O)(Nc1cccc(S(=O)(=O)N2CCCC2)c1)c1ccc(OC(F)(F)F)cc1. The van der Waals surface area contributed by atoms with Gasteiger partial charge < -0.3 is 4.74 Å². The van der Waals surface area contributed by atoms with E-state index in [1.807, 2.05) is 0 Å². The lowest BCUT2D eigenvalue weighted by Gasteiger charge is -2.16. The highest BCUT2D eigenvalue weighted by molar-refractivity contribution is 7.92. The number of alkyl halides is 3. The molecule has 29 heavy (non-hydrogen) atoms. The van der Waals surface area contributed by atoms with Gasteiger partial charge in [-0.15, -0.1) is 13.2 Å². The van der Waals surface area contributed by atoms with Crippen LogP contribution >= 0.6 is 0 Å². The summed E-state index contributed by atoms with van der Waals surface area (Å²) in [7, 11) is -7.88. The third-order valence-electron chi connectivity index (χ3n) is 4.16. The maximum absolute atomic E-state index is 12.6. The number of hydrogen-bond acceptors (Lipinski definition) is 5. The first-order chi connectivity index (χ1) is 13.5. The average molecular weight is 450 g/mol. The van der Waals surface area contributed by atoms with Crippen LogP contribution < -0.4 is 9.46 Å². The Kier molecular flexibility index (Phi) is 5.79. The van der Waals surface area contributed by atoms with E-state index < -0.39 is 32.2 Å². The van der Waals surface area contributed by atoms with Crippen LogP contribution in [-0.2, 0) is 20.0 Å². The van der Waals surface area contributed by atoms with Gasteiger partial charge in [0.2, 0.25) is 10.0 Å². The summed E-state index contributed by atoms with van der Waals surface area (Å²) in [6, 6.07) is 9.00. The summed E-state index contributed by atoms with van der Waals surface area (Å²) in [6.07, 6.45) is -3.36. The number of halogens is 3. The summed E-state index contributed by atoms with van der Waals surface area (Å²) in [5.74, 6) is -0.560. The fourth-order valence-corrected chi connectivity index (χ4v) is 5.45. The molecule has 2 aromatic carbocycles. The van der Waals surface area contributed by atoms with Gasteiger partial charge in [0.05, 0.1) is 15.5 Å². The van der Waals surface area contributed by atoms with E-state index in [0.29, 0.717) is 13.1 Å². The van der Waals surface area contributed by atoms with Crippen LogP contribution in [0.15, 0.2) is 58.3 Å². The minimum atomic E-state index is -4.89. The van der Waals surface area contributed by atoms with Crippen molar-refractivity contribution in [2.75, 3.05) is 17.8 Å². The second kappa shape index (κ2) is 7.84. The van der Waals surface area contributed by atoms with Crippen molar-refractivity contribution in [1.29, 1.82) is 0 Å². The molecule has 0 atom stereocenters. The highest BCUT2D eigenvalue weighted by Gasteiger charge is 2.31. The van der Waals surface area contributed by atoms with E-state index in [-0.39, 0.29) is 15.5 Å². The third-order valence-corrected chi connectivity index (χ3v) is 7.45. The van der Waals surface area contributed by atoms with Crippen molar-refractivity contribution < 1.29 is 34.7 Å². The lowest BCUT2D eigenvalue weighted by Crippen LogP contribution is -2.27. The van der Waals surface area contributed by atoms with Crippen molar-refractivity contribution in [2.24, 2.45) is 0 Å².